The van der Waals surface area contributed by atoms with Crippen molar-refractivity contribution in [3.05, 3.63) is 29.3 Å². The van der Waals surface area contributed by atoms with Gasteiger partial charge in [0.1, 0.15) is 5.75 Å². The predicted octanol–water partition coefficient (Wildman–Crippen LogP) is 1.63. The second-order valence-electron chi connectivity index (χ2n) is 4.19. The molecule has 0 aliphatic carbocycles. The van der Waals surface area contributed by atoms with E-state index in [1.165, 1.54) is 0 Å². The van der Waals surface area contributed by atoms with E-state index in [-0.39, 0.29) is 5.84 Å². The zero-order valence-electron chi connectivity index (χ0n) is 11.5. The second-order valence-corrected chi connectivity index (χ2v) is 5.47. The number of thioether (sulfide) groups is 1. The number of amidine groups is 1. The molecule has 0 bridgehead atoms. The smallest absolute Gasteiger partial charge is 0.170 e. The Labute approximate surface area is 118 Å². The quantitative estimate of drug-likeness (QED) is 0.307. The third-order valence-electron chi connectivity index (χ3n) is 2.83. The molecule has 1 atom stereocenters. The number of nitrogens with two attached hydrogens (primary N) is 1. The highest BCUT2D eigenvalue weighted by Gasteiger charge is 2.07. The minimum atomic E-state index is 0.0985. The Hall–Kier alpha value is -1.40. The van der Waals surface area contributed by atoms with Gasteiger partial charge in [0.25, 0.3) is 0 Å². The Morgan fingerprint density at radius 3 is 2.89 bits per heavy atom. The average Bonchev–Trinajstić information content (AvgIpc) is 2.45. The van der Waals surface area contributed by atoms with Crippen molar-refractivity contribution in [3.8, 4) is 5.75 Å². The van der Waals surface area contributed by atoms with E-state index in [0.717, 1.165) is 17.9 Å². The first-order valence-corrected chi connectivity index (χ1v) is 7.29. The molecule has 1 rings (SSSR count). The lowest BCUT2D eigenvalue weighted by Crippen LogP contribution is -2.22. The van der Waals surface area contributed by atoms with Gasteiger partial charge in [-0.2, -0.15) is 11.8 Å². The number of oxime groups is 1. The molecule has 0 saturated carbocycles. The topological polar surface area (TPSA) is 79.9 Å². The number of methoxy groups -OCH3 is 1. The summed E-state index contributed by atoms with van der Waals surface area (Å²) in [4.78, 5) is 0. The van der Waals surface area contributed by atoms with Crippen molar-refractivity contribution in [2.45, 2.75) is 18.7 Å². The van der Waals surface area contributed by atoms with E-state index in [9.17, 15) is 0 Å². The molecule has 106 valence electrons. The number of nitrogens with one attached hydrogen (secondary N) is 1. The van der Waals surface area contributed by atoms with Crippen molar-refractivity contribution in [1.29, 1.82) is 0 Å². The van der Waals surface area contributed by atoms with E-state index in [1.807, 2.05) is 23.9 Å². The maximum absolute atomic E-state index is 8.70. The van der Waals surface area contributed by atoms with E-state index in [1.54, 1.807) is 13.2 Å². The molecule has 0 amide bonds. The molecule has 19 heavy (non-hydrogen) atoms. The molecule has 4 N–H and O–H groups in total. The highest BCUT2D eigenvalue weighted by Crippen LogP contribution is 2.20. The fourth-order valence-electron chi connectivity index (χ4n) is 1.63. The first kappa shape index (κ1) is 15.7. The number of hydrogen-bond donors (Lipinski definition) is 3. The van der Waals surface area contributed by atoms with Gasteiger partial charge >= 0.3 is 0 Å². The number of hydrogen-bond acceptors (Lipinski definition) is 5. The largest absolute Gasteiger partial charge is 0.496 e. The maximum atomic E-state index is 8.70. The molecule has 0 saturated heterocycles. The number of rotatable bonds is 7. The van der Waals surface area contributed by atoms with Crippen LogP contribution in [0.25, 0.3) is 0 Å². The molecule has 0 spiro atoms. The molecule has 0 aromatic heterocycles. The molecule has 0 fully saturated rings. The lowest BCUT2D eigenvalue weighted by molar-refractivity contribution is 0.318. The Bertz CT molecular complexity index is 438. The minimum absolute atomic E-state index is 0.0985. The van der Waals surface area contributed by atoms with Gasteiger partial charge in [0.15, 0.2) is 5.84 Å². The van der Waals surface area contributed by atoms with Gasteiger partial charge in [-0.3, -0.25) is 0 Å². The molecule has 5 nitrogen and oxygen atoms in total. The van der Waals surface area contributed by atoms with Gasteiger partial charge in [-0.15, -0.1) is 0 Å². The monoisotopic (exact) mass is 283 g/mol. The van der Waals surface area contributed by atoms with Crippen LogP contribution in [0.15, 0.2) is 23.4 Å². The predicted molar refractivity (Wildman–Crippen MR) is 80.2 cm³/mol. The summed E-state index contributed by atoms with van der Waals surface area (Å²) >= 11 is 1.82. The van der Waals surface area contributed by atoms with Crippen LogP contribution < -0.4 is 15.8 Å². The van der Waals surface area contributed by atoms with Crippen molar-refractivity contribution in [2.24, 2.45) is 10.9 Å². The van der Waals surface area contributed by atoms with Crippen LogP contribution in [-0.4, -0.2) is 36.2 Å². The third kappa shape index (κ3) is 4.65. The van der Waals surface area contributed by atoms with Gasteiger partial charge in [-0.1, -0.05) is 12.1 Å². The van der Waals surface area contributed by atoms with Crippen molar-refractivity contribution in [3.63, 3.8) is 0 Å². The van der Waals surface area contributed by atoms with Crippen molar-refractivity contribution in [2.75, 3.05) is 19.9 Å². The molecular formula is C13H21N3O2S. The van der Waals surface area contributed by atoms with Crippen LogP contribution in [0.4, 0.5) is 0 Å². The van der Waals surface area contributed by atoms with E-state index < -0.39 is 0 Å². The number of benzene rings is 1. The Morgan fingerprint density at radius 1 is 1.58 bits per heavy atom. The van der Waals surface area contributed by atoms with Crippen molar-refractivity contribution < 1.29 is 9.94 Å². The molecular weight excluding hydrogens is 262 g/mol. The van der Waals surface area contributed by atoms with E-state index >= 15 is 0 Å². The van der Waals surface area contributed by atoms with Gasteiger partial charge in [0.2, 0.25) is 0 Å². The molecule has 0 radical (unpaired) electrons. The molecule has 6 heteroatoms. The van der Waals surface area contributed by atoms with E-state index in [4.69, 9.17) is 15.7 Å². The summed E-state index contributed by atoms with van der Waals surface area (Å²) in [7, 11) is 1.63. The minimum Gasteiger partial charge on any atom is -0.496 e. The van der Waals surface area contributed by atoms with Gasteiger partial charge in [-0.05, 0) is 24.5 Å². The molecule has 1 unspecified atom stereocenters. The second kappa shape index (κ2) is 7.91. The number of nitrogens with zero attached hydrogens (tertiary/aromatic N) is 1. The summed E-state index contributed by atoms with van der Waals surface area (Å²) in [5.74, 6) is 0.889. The van der Waals surface area contributed by atoms with Crippen LogP contribution in [0.5, 0.6) is 5.75 Å². The average molecular weight is 283 g/mol. The maximum Gasteiger partial charge on any atom is 0.170 e. The van der Waals surface area contributed by atoms with Crippen LogP contribution in [-0.2, 0) is 6.54 Å². The normalized spacial score (nSPS) is 13.3. The zero-order valence-corrected chi connectivity index (χ0v) is 12.3. The molecule has 1 aromatic rings. The summed E-state index contributed by atoms with van der Waals surface area (Å²) < 4.78 is 5.31. The summed E-state index contributed by atoms with van der Waals surface area (Å²) in [6, 6.07) is 5.45. The SMILES string of the molecule is COc1ccc(/C(N)=N/O)cc1CNCC(C)SC. The van der Waals surface area contributed by atoms with Crippen LogP contribution in [0.1, 0.15) is 18.1 Å². The van der Waals surface area contributed by atoms with Crippen LogP contribution >= 0.6 is 11.8 Å². The highest BCUT2D eigenvalue weighted by molar-refractivity contribution is 7.99. The Morgan fingerprint density at radius 2 is 2.32 bits per heavy atom. The summed E-state index contributed by atoms with van der Waals surface area (Å²) in [5.41, 5.74) is 7.25. The first-order valence-electron chi connectivity index (χ1n) is 6.00. The summed E-state index contributed by atoms with van der Waals surface area (Å²) in [6.07, 6.45) is 2.09. The van der Waals surface area contributed by atoms with E-state index in [0.29, 0.717) is 17.4 Å². The van der Waals surface area contributed by atoms with Crippen molar-refractivity contribution in [1.82, 2.24) is 5.32 Å². The summed E-state index contributed by atoms with van der Waals surface area (Å²) in [5, 5.41) is 15.6. The molecule has 0 heterocycles. The highest BCUT2D eigenvalue weighted by atomic mass is 32.2. The molecule has 1 aromatic carbocycles. The van der Waals surface area contributed by atoms with Crippen molar-refractivity contribution >= 4 is 17.6 Å². The van der Waals surface area contributed by atoms with E-state index in [2.05, 4.69) is 23.7 Å². The van der Waals surface area contributed by atoms with Gasteiger partial charge in [0, 0.05) is 29.5 Å². The fourth-order valence-corrected chi connectivity index (χ4v) is 1.91. The lowest BCUT2D eigenvalue weighted by atomic mass is 10.1. The van der Waals surface area contributed by atoms with Crippen LogP contribution in [0, 0.1) is 0 Å². The third-order valence-corrected chi connectivity index (χ3v) is 3.80. The summed E-state index contributed by atoms with van der Waals surface area (Å²) in [6.45, 7) is 3.76. The molecule has 0 aliphatic heterocycles. The Balaban J connectivity index is 2.79. The van der Waals surface area contributed by atoms with Gasteiger partial charge < -0.3 is 21.0 Å². The number of ether oxygens (including phenoxy) is 1. The fraction of sp³-hybridized carbons (Fsp3) is 0.462. The molecule has 0 aliphatic rings. The lowest BCUT2D eigenvalue weighted by Gasteiger charge is -2.13. The van der Waals surface area contributed by atoms with Crippen LogP contribution in [0.3, 0.4) is 0 Å². The van der Waals surface area contributed by atoms with Gasteiger partial charge in [-0.25, -0.2) is 0 Å². The first-order chi connectivity index (χ1) is 9.12. The van der Waals surface area contributed by atoms with Gasteiger partial charge in [0.05, 0.1) is 7.11 Å². The van der Waals surface area contributed by atoms with Crippen LogP contribution in [0.2, 0.25) is 0 Å². The Kier molecular flexibility index (Phi) is 6.52. The standard InChI is InChI=1S/C13H21N3O2S/c1-9(19-3)7-15-8-11-6-10(13(14)16-17)4-5-12(11)18-2/h4-6,9,15,17H,7-8H2,1-3H3,(H2,14,16). The zero-order chi connectivity index (χ0) is 14.3.